The first kappa shape index (κ1) is 23.8. The summed E-state index contributed by atoms with van der Waals surface area (Å²) in [7, 11) is 1.73. The van der Waals surface area contributed by atoms with Crippen molar-refractivity contribution < 1.29 is 14.4 Å². The van der Waals surface area contributed by atoms with Gasteiger partial charge in [0.15, 0.2) is 0 Å². The van der Waals surface area contributed by atoms with Gasteiger partial charge in [0.25, 0.3) is 11.5 Å². The molecule has 0 unspecified atom stereocenters. The van der Waals surface area contributed by atoms with Gasteiger partial charge in [0, 0.05) is 7.05 Å². The van der Waals surface area contributed by atoms with Crippen LogP contribution in [0.4, 0.5) is 10.5 Å². The van der Waals surface area contributed by atoms with Crippen LogP contribution in [0.2, 0.25) is 0 Å². The molecule has 4 amide bonds. The third kappa shape index (κ3) is 4.03. The van der Waals surface area contributed by atoms with Gasteiger partial charge >= 0.3 is 6.03 Å². The second-order valence-corrected chi connectivity index (χ2v) is 10.5. The molecule has 1 aliphatic carbocycles. The van der Waals surface area contributed by atoms with Crippen LogP contribution < -0.4 is 16.2 Å². The maximum atomic E-state index is 13.2. The van der Waals surface area contributed by atoms with E-state index in [1.165, 1.54) is 4.68 Å². The molecule has 2 fully saturated rings. The smallest absolute Gasteiger partial charge is 0.323 e. The lowest BCUT2D eigenvalue weighted by atomic mass is 9.67. The molecule has 182 valence electrons. The van der Waals surface area contributed by atoms with Gasteiger partial charge in [-0.1, -0.05) is 39.0 Å². The van der Waals surface area contributed by atoms with Crippen molar-refractivity contribution in [1.82, 2.24) is 19.6 Å². The number of hydrogen-bond donors (Lipinski definition) is 2. The third-order valence-electron chi connectivity index (χ3n) is 7.43. The minimum atomic E-state index is -0.929. The Balaban J connectivity index is 1.48. The Bertz CT molecular complexity index is 1180. The molecule has 4 rings (SSSR count). The van der Waals surface area contributed by atoms with Gasteiger partial charge < -0.3 is 10.6 Å². The van der Waals surface area contributed by atoms with Crippen molar-refractivity contribution in [2.24, 2.45) is 18.4 Å². The highest BCUT2D eigenvalue weighted by atomic mass is 16.2. The highest BCUT2D eigenvalue weighted by Crippen LogP contribution is 2.43. The average Bonchev–Trinajstić information content (AvgIpc) is 3.13. The Kier molecular flexibility index (Phi) is 5.91. The highest BCUT2D eigenvalue weighted by Gasteiger charge is 2.53. The number of hydrogen-bond acceptors (Lipinski definition) is 4. The van der Waals surface area contributed by atoms with Crippen molar-refractivity contribution >= 4 is 23.5 Å². The number of nitrogens with zero attached hydrogens (tertiary/aromatic N) is 3. The van der Waals surface area contributed by atoms with Crippen LogP contribution in [0, 0.1) is 18.3 Å². The Hall–Kier alpha value is -3.36. The molecule has 1 aromatic heterocycles. The van der Waals surface area contributed by atoms with Crippen LogP contribution in [0.5, 0.6) is 0 Å². The zero-order chi connectivity index (χ0) is 24.8. The van der Waals surface area contributed by atoms with E-state index in [4.69, 9.17) is 0 Å². The van der Waals surface area contributed by atoms with Gasteiger partial charge in [-0.05, 0) is 56.1 Å². The molecular weight excluding hydrogens is 434 g/mol. The van der Waals surface area contributed by atoms with E-state index in [2.05, 4.69) is 31.4 Å². The minimum Gasteiger partial charge on any atom is -0.323 e. The predicted molar refractivity (Wildman–Crippen MR) is 129 cm³/mol. The Morgan fingerprint density at radius 3 is 2.32 bits per heavy atom. The summed E-state index contributed by atoms with van der Waals surface area (Å²) in [6, 6.07) is 8.55. The van der Waals surface area contributed by atoms with E-state index < -0.39 is 24.0 Å². The Morgan fingerprint density at radius 2 is 1.74 bits per heavy atom. The number of benzene rings is 1. The molecule has 0 radical (unpaired) electrons. The predicted octanol–water partition coefficient (Wildman–Crippen LogP) is 2.95. The summed E-state index contributed by atoms with van der Waals surface area (Å²) < 4.78 is 3.12. The van der Waals surface area contributed by atoms with E-state index in [1.54, 1.807) is 30.8 Å². The van der Waals surface area contributed by atoms with Crippen LogP contribution in [-0.4, -0.2) is 44.2 Å². The molecule has 2 N–H and O–H groups in total. The number of anilines is 1. The molecule has 2 aliphatic rings. The van der Waals surface area contributed by atoms with Gasteiger partial charge in [-0.25, -0.2) is 9.48 Å². The molecule has 0 atom stereocenters. The van der Waals surface area contributed by atoms with E-state index >= 15 is 0 Å². The number of nitrogens with one attached hydrogen (secondary N) is 2. The van der Waals surface area contributed by atoms with Gasteiger partial charge in [0.05, 0.1) is 11.4 Å². The van der Waals surface area contributed by atoms with Crippen molar-refractivity contribution in [3.05, 3.63) is 46.4 Å². The second-order valence-electron chi connectivity index (χ2n) is 10.5. The lowest BCUT2D eigenvalue weighted by molar-refractivity contribution is -0.135. The number of aromatic nitrogens is 2. The summed E-state index contributed by atoms with van der Waals surface area (Å²) in [5, 5.41) is 5.48. The highest BCUT2D eigenvalue weighted by molar-refractivity contribution is 6.10. The molecule has 1 aromatic carbocycles. The SMILES string of the molecule is Cc1c(NC(=O)CN2C(=O)NC3(CCC(C(C)(C)C)CC3)C2=O)c(=O)n(-c2ccccc2)n1C. The lowest BCUT2D eigenvalue weighted by Crippen LogP contribution is -2.51. The van der Waals surface area contributed by atoms with Crippen LogP contribution in [0.1, 0.15) is 52.1 Å². The first-order valence-corrected chi connectivity index (χ1v) is 11.7. The van der Waals surface area contributed by atoms with E-state index in [-0.39, 0.29) is 22.6 Å². The zero-order valence-electron chi connectivity index (χ0n) is 20.5. The number of urea groups is 1. The largest absolute Gasteiger partial charge is 0.325 e. The monoisotopic (exact) mass is 467 g/mol. The second kappa shape index (κ2) is 8.45. The number of amides is 4. The van der Waals surface area contributed by atoms with Gasteiger partial charge in [0.1, 0.15) is 17.8 Å². The Labute approximate surface area is 199 Å². The van der Waals surface area contributed by atoms with Crippen molar-refractivity contribution in [2.75, 3.05) is 11.9 Å². The maximum absolute atomic E-state index is 13.2. The van der Waals surface area contributed by atoms with Crippen LogP contribution in [0.3, 0.4) is 0 Å². The topological polar surface area (TPSA) is 105 Å². The van der Waals surface area contributed by atoms with E-state index in [1.807, 2.05) is 18.2 Å². The summed E-state index contributed by atoms with van der Waals surface area (Å²) in [5.74, 6) is -0.463. The van der Waals surface area contributed by atoms with Crippen molar-refractivity contribution in [3.8, 4) is 5.69 Å². The lowest BCUT2D eigenvalue weighted by Gasteiger charge is -2.40. The molecule has 2 aromatic rings. The maximum Gasteiger partial charge on any atom is 0.325 e. The molecule has 34 heavy (non-hydrogen) atoms. The minimum absolute atomic E-state index is 0.129. The van der Waals surface area contributed by atoms with Gasteiger partial charge in [-0.15, -0.1) is 0 Å². The molecule has 1 aliphatic heterocycles. The number of carbonyl (C=O) groups is 3. The number of para-hydroxylation sites is 1. The van der Waals surface area contributed by atoms with E-state index in [0.717, 1.165) is 17.7 Å². The van der Waals surface area contributed by atoms with Gasteiger partial charge in [-0.3, -0.25) is 24.0 Å². The normalized spacial score (nSPS) is 22.9. The molecule has 1 saturated carbocycles. The summed E-state index contributed by atoms with van der Waals surface area (Å²) in [5.41, 5.74) is 0.198. The molecule has 9 heteroatoms. The molecular formula is C25H33N5O4. The summed E-state index contributed by atoms with van der Waals surface area (Å²) in [6.07, 6.45) is 2.82. The molecule has 1 saturated heterocycles. The molecule has 0 bridgehead atoms. The number of rotatable bonds is 4. The number of carbonyl (C=O) groups excluding carboxylic acids is 3. The first-order valence-electron chi connectivity index (χ1n) is 11.7. The Morgan fingerprint density at radius 1 is 1.12 bits per heavy atom. The average molecular weight is 468 g/mol. The van der Waals surface area contributed by atoms with Crippen molar-refractivity contribution in [1.29, 1.82) is 0 Å². The standard InChI is InChI=1S/C25H33N5O4/c1-16-20(21(32)30(28(16)5)18-9-7-6-8-10-18)26-19(31)15-29-22(33)25(27-23(29)34)13-11-17(12-14-25)24(2,3)4/h6-10,17H,11-15H2,1-5H3,(H,26,31)(H,27,34). The summed E-state index contributed by atoms with van der Waals surface area (Å²) in [6.45, 7) is 7.87. The molecule has 9 nitrogen and oxygen atoms in total. The van der Waals surface area contributed by atoms with Gasteiger partial charge in [0.2, 0.25) is 5.91 Å². The van der Waals surface area contributed by atoms with Crippen LogP contribution in [-0.2, 0) is 16.6 Å². The van der Waals surface area contributed by atoms with Crippen LogP contribution in [0.15, 0.2) is 35.1 Å². The fourth-order valence-corrected chi connectivity index (χ4v) is 5.17. The summed E-state index contributed by atoms with van der Waals surface area (Å²) >= 11 is 0. The first-order chi connectivity index (χ1) is 15.9. The molecule has 2 heterocycles. The van der Waals surface area contributed by atoms with Crippen molar-refractivity contribution in [3.63, 3.8) is 0 Å². The number of imide groups is 1. The summed E-state index contributed by atoms with van der Waals surface area (Å²) in [4.78, 5) is 52.7. The van der Waals surface area contributed by atoms with Crippen LogP contribution >= 0.6 is 0 Å². The van der Waals surface area contributed by atoms with E-state index in [0.29, 0.717) is 30.1 Å². The molecule has 1 spiro atoms. The third-order valence-corrected chi connectivity index (χ3v) is 7.43. The van der Waals surface area contributed by atoms with Gasteiger partial charge in [-0.2, -0.15) is 0 Å². The zero-order valence-corrected chi connectivity index (χ0v) is 20.5. The van der Waals surface area contributed by atoms with Crippen molar-refractivity contribution in [2.45, 2.75) is 58.9 Å². The quantitative estimate of drug-likeness (QED) is 0.675. The van der Waals surface area contributed by atoms with E-state index in [9.17, 15) is 19.2 Å². The fraction of sp³-hybridized carbons (Fsp3) is 0.520. The fourth-order valence-electron chi connectivity index (χ4n) is 5.17. The van der Waals surface area contributed by atoms with Crippen LogP contribution in [0.25, 0.3) is 5.69 Å².